The molecule has 2 rings (SSSR count). The molecular weight excluding hydrogens is 258 g/mol. The van der Waals surface area contributed by atoms with E-state index in [9.17, 15) is 9.59 Å². The molecule has 5 heteroatoms. The Morgan fingerprint density at radius 2 is 1.95 bits per heavy atom. The van der Waals surface area contributed by atoms with Crippen molar-refractivity contribution < 1.29 is 19.4 Å². The predicted octanol–water partition coefficient (Wildman–Crippen LogP) is 1.95. The molecule has 0 aromatic carbocycles. The molecule has 114 valence electrons. The Kier molecular flexibility index (Phi) is 4.68. The summed E-state index contributed by atoms with van der Waals surface area (Å²) in [5.41, 5.74) is 0.259. The minimum absolute atomic E-state index is 0.149. The molecule has 1 aliphatic carbocycles. The summed E-state index contributed by atoms with van der Waals surface area (Å²) in [5, 5.41) is 11.8. The number of carboxylic acids is 1. The third-order valence-electron chi connectivity index (χ3n) is 4.48. The topological polar surface area (TPSA) is 75.6 Å². The summed E-state index contributed by atoms with van der Waals surface area (Å²) in [6, 6.07) is 0. The molecule has 2 aliphatic rings. The summed E-state index contributed by atoms with van der Waals surface area (Å²) in [7, 11) is 0. The van der Waals surface area contributed by atoms with Crippen LogP contribution in [0.1, 0.15) is 52.4 Å². The SMILES string of the molecule is CC(C)CC1(CNC(=O)[C@@H]2CC[C@H](C(=O)O)O2)CCC1. The van der Waals surface area contributed by atoms with Gasteiger partial charge >= 0.3 is 5.97 Å². The van der Waals surface area contributed by atoms with Gasteiger partial charge in [0.1, 0.15) is 6.10 Å². The molecule has 0 spiro atoms. The fourth-order valence-corrected chi connectivity index (χ4v) is 3.40. The molecule has 0 radical (unpaired) electrons. The zero-order valence-corrected chi connectivity index (χ0v) is 12.4. The van der Waals surface area contributed by atoms with Crippen LogP contribution in [0.5, 0.6) is 0 Å². The van der Waals surface area contributed by atoms with Gasteiger partial charge in [0.2, 0.25) is 5.91 Å². The van der Waals surface area contributed by atoms with Crippen LogP contribution >= 0.6 is 0 Å². The maximum absolute atomic E-state index is 12.1. The maximum atomic E-state index is 12.1. The number of carbonyl (C=O) groups excluding carboxylic acids is 1. The number of nitrogens with one attached hydrogen (secondary N) is 1. The van der Waals surface area contributed by atoms with E-state index >= 15 is 0 Å². The second kappa shape index (κ2) is 6.12. The van der Waals surface area contributed by atoms with Gasteiger partial charge in [0, 0.05) is 6.54 Å². The van der Waals surface area contributed by atoms with E-state index in [1.54, 1.807) is 0 Å². The van der Waals surface area contributed by atoms with E-state index in [1.165, 1.54) is 19.3 Å². The lowest BCUT2D eigenvalue weighted by molar-refractivity contribution is -0.152. The molecule has 1 saturated heterocycles. The van der Waals surface area contributed by atoms with Gasteiger partial charge in [-0.1, -0.05) is 20.3 Å². The second-order valence-corrected chi connectivity index (χ2v) is 6.70. The van der Waals surface area contributed by atoms with Gasteiger partial charge in [0.25, 0.3) is 0 Å². The maximum Gasteiger partial charge on any atom is 0.332 e. The number of rotatable bonds is 6. The Morgan fingerprint density at radius 3 is 2.40 bits per heavy atom. The van der Waals surface area contributed by atoms with Crippen molar-refractivity contribution in [2.45, 2.75) is 64.6 Å². The Morgan fingerprint density at radius 1 is 1.30 bits per heavy atom. The van der Waals surface area contributed by atoms with E-state index in [1.807, 2.05) is 0 Å². The molecule has 1 aliphatic heterocycles. The van der Waals surface area contributed by atoms with Crippen molar-refractivity contribution in [3.63, 3.8) is 0 Å². The van der Waals surface area contributed by atoms with Crippen LogP contribution in [-0.4, -0.2) is 35.7 Å². The third kappa shape index (κ3) is 3.51. The van der Waals surface area contributed by atoms with Crippen LogP contribution in [-0.2, 0) is 14.3 Å². The van der Waals surface area contributed by atoms with Crippen LogP contribution in [0.15, 0.2) is 0 Å². The summed E-state index contributed by atoms with van der Waals surface area (Å²) in [4.78, 5) is 22.9. The van der Waals surface area contributed by atoms with Gasteiger partial charge in [0.05, 0.1) is 0 Å². The fraction of sp³-hybridized carbons (Fsp3) is 0.867. The van der Waals surface area contributed by atoms with Crippen molar-refractivity contribution in [3.8, 4) is 0 Å². The van der Waals surface area contributed by atoms with Crippen molar-refractivity contribution in [1.29, 1.82) is 0 Å². The molecule has 5 nitrogen and oxygen atoms in total. The van der Waals surface area contributed by atoms with E-state index < -0.39 is 18.2 Å². The molecule has 0 aromatic rings. The highest BCUT2D eigenvalue weighted by atomic mass is 16.5. The van der Waals surface area contributed by atoms with E-state index in [-0.39, 0.29) is 11.3 Å². The molecule has 1 saturated carbocycles. The van der Waals surface area contributed by atoms with E-state index in [2.05, 4.69) is 19.2 Å². The number of hydrogen-bond acceptors (Lipinski definition) is 3. The van der Waals surface area contributed by atoms with Crippen LogP contribution in [0.3, 0.4) is 0 Å². The molecule has 1 amide bonds. The summed E-state index contributed by atoms with van der Waals surface area (Å²) in [6.07, 6.45) is 4.24. The van der Waals surface area contributed by atoms with Crippen molar-refractivity contribution in [1.82, 2.24) is 5.32 Å². The van der Waals surface area contributed by atoms with Crippen molar-refractivity contribution in [3.05, 3.63) is 0 Å². The van der Waals surface area contributed by atoms with E-state index in [4.69, 9.17) is 9.84 Å². The number of amides is 1. The number of hydrogen-bond donors (Lipinski definition) is 2. The minimum atomic E-state index is -0.976. The van der Waals surface area contributed by atoms with Crippen LogP contribution in [0.4, 0.5) is 0 Å². The minimum Gasteiger partial charge on any atom is -0.479 e. The molecule has 2 N–H and O–H groups in total. The summed E-state index contributed by atoms with van der Waals surface area (Å²) >= 11 is 0. The molecule has 0 bridgehead atoms. The largest absolute Gasteiger partial charge is 0.479 e. The summed E-state index contributed by atoms with van der Waals surface area (Å²) in [5.74, 6) is -0.495. The second-order valence-electron chi connectivity index (χ2n) is 6.70. The zero-order chi connectivity index (χ0) is 14.8. The standard InChI is InChI=1S/C15H25NO4/c1-10(2)8-15(6-3-7-15)9-16-13(17)11-4-5-12(20-11)14(18)19/h10-12H,3-9H2,1-2H3,(H,16,17)(H,18,19)/t11-,12+/m0/s1. The highest BCUT2D eigenvalue weighted by Gasteiger charge is 2.39. The van der Waals surface area contributed by atoms with Gasteiger partial charge in [0.15, 0.2) is 6.10 Å². The lowest BCUT2D eigenvalue weighted by atomic mass is 9.64. The Balaban J connectivity index is 1.79. The Bertz CT molecular complexity index is 376. The van der Waals surface area contributed by atoms with Gasteiger partial charge in [-0.2, -0.15) is 0 Å². The highest BCUT2D eigenvalue weighted by molar-refractivity contribution is 5.82. The van der Waals surface area contributed by atoms with Gasteiger partial charge in [-0.25, -0.2) is 4.79 Å². The first-order chi connectivity index (χ1) is 9.42. The van der Waals surface area contributed by atoms with Gasteiger partial charge in [-0.05, 0) is 43.4 Å². The third-order valence-corrected chi connectivity index (χ3v) is 4.48. The summed E-state index contributed by atoms with van der Waals surface area (Å²) < 4.78 is 5.27. The quantitative estimate of drug-likeness (QED) is 0.781. The van der Waals surface area contributed by atoms with E-state index in [0.717, 1.165) is 6.42 Å². The molecule has 2 fully saturated rings. The Hall–Kier alpha value is -1.10. The lowest BCUT2D eigenvalue weighted by Crippen LogP contribution is -2.46. The molecule has 2 atom stereocenters. The Labute approximate surface area is 120 Å². The van der Waals surface area contributed by atoms with Crippen molar-refractivity contribution in [2.75, 3.05) is 6.54 Å². The van der Waals surface area contributed by atoms with Gasteiger partial charge < -0.3 is 15.2 Å². The number of carboxylic acid groups (broad SMARTS) is 1. The molecule has 1 heterocycles. The normalized spacial score (nSPS) is 28.1. The highest BCUT2D eigenvalue weighted by Crippen LogP contribution is 2.45. The fourth-order valence-electron chi connectivity index (χ4n) is 3.40. The smallest absolute Gasteiger partial charge is 0.332 e. The van der Waals surface area contributed by atoms with Crippen LogP contribution < -0.4 is 5.32 Å². The first-order valence-corrected chi connectivity index (χ1v) is 7.58. The molecule has 20 heavy (non-hydrogen) atoms. The first kappa shape index (κ1) is 15.3. The van der Waals surface area contributed by atoms with E-state index in [0.29, 0.717) is 25.3 Å². The van der Waals surface area contributed by atoms with Gasteiger partial charge in [-0.3, -0.25) is 4.79 Å². The van der Waals surface area contributed by atoms with Gasteiger partial charge in [-0.15, -0.1) is 0 Å². The van der Waals surface area contributed by atoms with Crippen molar-refractivity contribution >= 4 is 11.9 Å². The average Bonchev–Trinajstić information content (AvgIpc) is 2.81. The molecule has 0 aromatic heterocycles. The van der Waals surface area contributed by atoms with Crippen LogP contribution in [0, 0.1) is 11.3 Å². The zero-order valence-electron chi connectivity index (χ0n) is 12.4. The monoisotopic (exact) mass is 283 g/mol. The number of aliphatic carboxylic acids is 1. The number of carbonyl (C=O) groups is 2. The van der Waals surface area contributed by atoms with Crippen LogP contribution in [0.2, 0.25) is 0 Å². The van der Waals surface area contributed by atoms with Crippen LogP contribution in [0.25, 0.3) is 0 Å². The first-order valence-electron chi connectivity index (χ1n) is 7.58. The number of ether oxygens (including phenoxy) is 1. The predicted molar refractivity (Wildman–Crippen MR) is 74.3 cm³/mol. The lowest BCUT2D eigenvalue weighted by Gasteiger charge is -2.43. The molecular formula is C15H25NO4. The average molecular weight is 283 g/mol. The summed E-state index contributed by atoms with van der Waals surface area (Å²) in [6.45, 7) is 5.11. The molecule has 0 unspecified atom stereocenters. The van der Waals surface area contributed by atoms with Crippen molar-refractivity contribution in [2.24, 2.45) is 11.3 Å².